The van der Waals surface area contributed by atoms with Gasteiger partial charge in [0.15, 0.2) is 11.5 Å². The first-order valence-electron chi connectivity index (χ1n) is 5.91. The molecule has 3 rings (SSSR count). The Kier molecular flexibility index (Phi) is 2.83. The number of carbonyl (C=O) groups is 1. The Morgan fingerprint density at radius 3 is 3.05 bits per heavy atom. The van der Waals surface area contributed by atoms with E-state index in [1.807, 2.05) is 25.1 Å². The van der Waals surface area contributed by atoms with Gasteiger partial charge in [-0.2, -0.15) is 0 Å². The van der Waals surface area contributed by atoms with Gasteiger partial charge in [0.05, 0.1) is 6.33 Å². The van der Waals surface area contributed by atoms with Gasteiger partial charge in [0.25, 0.3) is 5.91 Å². The van der Waals surface area contributed by atoms with Crippen molar-refractivity contribution in [1.82, 2.24) is 15.3 Å². The number of benzene rings is 1. The zero-order chi connectivity index (χ0) is 13.2. The molecule has 1 amide bonds. The summed E-state index contributed by atoms with van der Waals surface area (Å²) in [4.78, 5) is 18.7. The zero-order valence-electron chi connectivity index (χ0n) is 10.4. The molecule has 0 fully saturated rings. The molecule has 0 aliphatic carbocycles. The van der Waals surface area contributed by atoms with Crippen LogP contribution in [0.5, 0.6) is 11.5 Å². The second-order valence-electron chi connectivity index (χ2n) is 4.25. The molecular formula is C13H13N3O3. The number of hydrogen-bond donors (Lipinski definition) is 2. The van der Waals surface area contributed by atoms with Gasteiger partial charge in [0.1, 0.15) is 5.69 Å². The Bertz CT molecular complexity index is 621. The van der Waals surface area contributed by atoms with Gasteiger partial charge in [-0.05, 0) is 24.6 Å². The highest BCUT2D eigenvalue weighted by atomic mass is 16.7. The second kappa shape index (κ2) is 4.64. The molecule has 2 heterocycles. The molecule has 0 spiro atoms. The lowest BCUT2D eigenvalue weighted by Gasteiger charge is -2.05. The molecule has 1 aromatic carbocycles. The Balaban J connectivity index is 1.66. The number of aromatic amines is 1. The third-order valence-electron chi connectivity index (χ3n) is 2.94. The molecule has 98 valence electrons. The first kappa shape index (κ1) is 11.6. The molecule has 0 radical (unpaired) electrons. The molecule has 0 bridgehead atoms. The van der Waals surface area contributed by atoms with Crippen molar-refractivity contribution in [3.05, 3.63) is 41.5 Å². The summed E-state index contributed by atoms with van der Waals surface area (Å²) in [6.45, 7) is 2.47. The second-order valence-corrected chi connectivity index (χ2v) is 4.25. The number of fused-ring (bicyclic) bond motifs is 1. The Morgan fingerprint density at radius 2 is 2.26 bits per heavy atom. The average molecular weight is 259 g/mol. The van der Waals surface area contributed by atoms with E-state index >= 15 is 0 Å². The molecule has 19 heavy (non-hydrogen) atoms. The van der Waals surface area contributed by atoms with Crippen LogP contribution in [-0.2, 0) is 6.54 Å². The average Bonchev–Trinajstić information content (AvgIpc) is 3.03. The van der Waals surface area contributed by atoms with E-state index in [0.29, 0.717) is 18.0 Å². The minimum Gasteiger partial charge on any atom is -0.454 e. The van der Waals surface area contributed by atoms with Crippen LogP contribution in [0.1, 0.15) is 21.7 Å². The van der Waals surface area contributed by atoms with Crippen LogP contribution in [0.2, 0.25) is 0 Å². The molecule has 2 aromatic rings. The molecule has 6 nitrogen and oxygen atoms in total. The first-order chi connectivity index (χ1) is 9.24. The molecule has 0 saturated heterocycles. The van der Waals surface area contributed by atoms with Crippen molar-refractivity contribution >= 4 is 5.91 Å². The quantitative estimate of drug-likeness (QED) is 0.873. The number of rotatable bonds is 3. The monoisotopic (exact) mass is 259 g/mol. The maximum Gasteiger partial charge on any atom is 0.272 e. The summed E-state index contributed by atoms with van der Waals surface area (Å²) < 4.78 is 10.5. The Labute approximate surface area is 109 Å². The predicted octanol–water partition coefficient (Wildman–Crippen LogP) is 1.38. The van der Waals surface area contributed by atoms with Crippen molar-refractivity contribution in [3.8, 4) is 11.5 Å². The molecule has 2 N–H and O–H groups in total. The SMILES string of the molecule is Cc1[nH]cnc1C(=O)NCc1ccc2c(c1)OCO2. The van der Waals surface area contributed by atoms with Gasteiger partial charge in [-0.25, -0.2) is 4.98 Å². The largest absolute Gasteiger partial charge is 0.454 e. The van der Waals surface area contributed by atoms with Crippen molar-refractivity contribution in [2.75, 3.05) is 6.79 Å². The molecular weight excluding hydrogens is 246 g/mol. The van der Waals surface area contributed by atoms with Crippen molar-refractivity contribution in [1.29, 1.82) is 0 Å². The molecule has 1 aliphatic rings. The van der Waals surface area contributed by atoms with Gasteiger partial charge < -0.3 is 19.8 Å². The van der Waals surface area contributed by atoms with Crippen LogP contribution in [0.4, 0.5) is 0 Å². The van der Waals surface area contributed by atoms with E-state index in [0.717, 1.165) is 17.0 Å². The third kappa shape index (κ3) is 2.24. The summed E-state index contributed by atoms with van der Waals surface area (Å²) in [5.74, 6) is 1.25. The van der Waals surface area contributed by atoms with E-state index in [4.69, 9.17) is 9.47 Å². The van der Waals surface area contributed by atoms with Crippen LogP contribution < -0.4 is 14.8 Å². The van der Waals surface area contributed by atoms with Crippen molar-refractivity contribution in [3.63, 3.8) is 0 Å². The number of H-pyrrole nitrogens is 1. The minimum absolute atomic E-state index is 0.198. The van der Waals surface area contributed by atoms with Crippen molar-refractivity contribution < 1.29 is 14.3 Å². The van der Waals surface area contributed by atoms with E-state index < -0.39 is 0 Å². The highest BCUT2D eigenvalue weighted by Gasteiger charge is 2.14. The Morgan fingerprint density at radius 1 is 1.42 bits per heavy atom. The van der Waals surface area contributed by atoms with Crippen molar-refractivity contribution in [2.45, 2.75) is 13.5 Å². The molecule has 6 heteroatoms. The fourth-order valence-electron chi connectivity index (χ4n) is 1.90. The molecule has 0 atom stereocenters. The fourth-order valence-corrected chi connectivity index (χ4v) is 1.90. The maximum absolute atomic E-state index is 11.9. The summed E-state index contributed by atoms with van der Waals surface area (Å²) in [6, 6.07) is 5.59. The van der Waals surface area contributed by atoms with Gasteiger partial charge in [-0.3, -0.25) is 4.79 Å². The number of nitrogens with one attached hydrogen (secondary N) is 2. The highest BCUT2D eigenvalue weighted by molar-refractivity contribution is 5.93. The number of amides is 1. The standard InChI is InChI=1S/C13H13N3O3/c1-8-12(16-6-15-8)13(17)14-5-9-2-3-10-11(4-9)19-7-18-10/h2-4,6H,5,7H2,1H3,(H,14,17)(H,15,16). The maximum atomic E-state index is 11.9. The third-order valence-corrected chi connectivity index (χ3v) is 2.94. The number of aryl methyl sites for hydroxylation is 1. The summed E-state index contributed by atoms with van der Waals surface area (Å²) >= 11 is 0. The normalized spacial score (nSPS) is 12.5. The van der Waals surface area contributed by atoms with Crippen LogP contribution >= 0.6 is 0 Å². The van der Waals surface area contributed by atoms with E-state index in [1.165, 1.54) is 6.33 Å². The van der Waals surface area contributed by atoms with Crippen LogP contribution in [0, 0.1) is 6.92 Å². The number of nitrogens with zero attached hydrogens (tertiary/aromatic N) is 1. The van der Waals surface area contributed by atoms with Crippen LogP contribution in [0.3, 0.4) is 0 Å². The summed E-state index contributed by atoms with van der Waals surface area (Å²) in [5.41, 5.74) is 2.12. The number of imidazole rings is 1. The molecule has 0 unspecified atom stereocenters. The fraction of sp³-hybridized carbons (Fsp3) is 0.231. The van der Waals surface area contributed by atoms with E-state index in [-0.39, 0.29) is 12.7 Å². The topological polar surface area (TPSA) is 76.2 Å². The van der Waals surface area contributed by atoms with E-state index in [2.05, 4.69) is 15.3 Å². The van der Waals surface area contributed by atoms with Crippen LogP contribution in [-0.4, -0.2) is 22.7 Å². The van der Waals surface area contributed by atoms with E-state index in [9.17, 15) is 4.79 Å². The smallest absolute Gasteiger partial charge is 0.272 e. The van der Waals surface area contributed by atoms with Gasteiger partial charge in [-0.1, -0.05) is 6.07 Å². The summed E-state index contributed by atoms with van der Waals surface area (Å²) in [6.07, 6.45) is 1.50. The van der Waals surface area contributed by atoms with Crippen LogP contribution in [0.15, 0.2) is 24.5 Å². The number of aromatic nitrogens is 2. The first-order valence-corrected chi connectivity index (χ1v) is 5.91. The minimum atomic E-state index is -0.198. The predicted molar refractivity (Wildman–Crippen MR) is 67.1 cm³/mol. The lowest BCUT2D eigenvalue weighted by molar-refractivity contribution is 0.0945. The van der Waals surface area contributed by atoms with E-state index in [1.54, 1.807) is 0 Å². The molecule has 0 saturated carbocycles. The zero-order valence-corrected chi connectivity index (χ0v) is 10.4. The highest BCUT2D eigenvalue weighted by Crippen LogP contribution is 2.32. The number of hydrogen-bond acceptors (Lipinski definition) is 4. The van der Waals surface area contributed by atoms with Gasteiger partial charge in [-0.15, -0.1) is 0 Å². The number of carbonyl (C=O) groups excluding carboxylic acids is 1. The lowest BCUT2D eigenvalue weighted by atomic mass is 10.2. The van der Waals surface area contributed by atoms with Gasteiger partial charge >= 0.3 is 0 Å². The molecule has 1 aliphatic heterocycles. The van der Waals surface area contributed by atoms with Gasteiger partial charge in [0.2, 0.25) is 6.79 Å². The Hall–Kier alpha value is -2.50. The number of ether oxygens (including phenoxy) is 2. The summed E-state index contributed by atoms with van der Waals surface area (Å²) in [7, 11) is 0. The van der Waals surface area contributed by atoms with Crippen LogP contribution in [0.25, 0.3) is 0 Å². The molecule has 1 aromatic heterocycles. The summed E-state index contributed by atoms with van der Waals surface area (Å²) in [5, 5.41) is 2.82. The van der Waals surface area contributed by atoms with Crippen molar-refractivity contribution in [2.24, 2.45) is 0 Å². The van der Waals surface area contributed by atoms with Gasteiger partial charge in [0, 0.05) is 12.2 Å². The lowest BCUT2D eigenvalue weighted by Crippen LogP contribution is -2.23.